The van der Waals surface area contributed by atoms with Gasteiger partial charge in [-0.1, -0.05) is 6.07 Å². The minimum atomic E-state index is 0.629. The first kappa shape index (κ1) is 14.1. The van der Waals surface area contributed by atoms with Crippen LogP contribution in [0.4, 0.5) is 11.5 Å². The summed E-state index contributed by atoms with van der Waals surface area (Å²) in [6.07, 6.45) is 1.75. The van der Waals surface area contributed by atoms with E-state index in [1.54, 1.807) is 13.3 Å². The second-order valence-corrected chi connectivity index (χ2v) is 5.68. The molecule has 0 aliphatic carbocycles. The van der Waals surface area contributed by atoms with Gasteiger partial charge in [0.1, 0.15) is 11.6 Å². The number of aromatic nitrogens is 1. The van der Waals surface area contributed by atoms with Crippen LogP contribution in [0.1, 0.15) is 5.56 Å². The molecule has 19 heavy (non-hydrogen) atoms. The zero-order valence-electron chi connectivity index (χ0n) is 10.3. The molecule has 2 aromatic rings. The van der Waals surface area contributed by atoms with Crippen LogP contribution in [0.5, 0.6) is 5.75 Å². The number of hydrogen-bond donors (Lipinski definition) is 2. The van der Waals surface area contributed by atoms with Gasteiger partial charge in [-0.05, 0) is 55.6 Å². The summed E-state index contributed by atoms with van der Waals surface area (Å²) in [5.41, 5.74) is 7.56. The molecule has 0 bridgehead atoms. The Labute approximate surface area is 128 Å². The van der Waals surface area contributed by atoms with Crippen molar-refractivity contribution in [1.82, 2.24) is 4.98 Å². The number of ether oxygens (including phenoxy) is 1. The van der Waals surface area contributed by atoms with Gasteiger partial charge in [0.15, 0.2) is 0 Å². The van der Waals surface area contributed by atoms with Gasteiger partial charge >= 0.3 is 0 Å². The Morgan fingerprint density at radius 2 is 2.11 bits per heavy atom. The van der Waals surface area contributed by atoms with Crippen LogP contribution in [0.15, 0.2) is 39.4 Å². The summed E-state index contributed by atoms with van der Waals surface area (Å²) >= 11 is 6.83. The lowest BCUT2D eigenvalue weighted by molar-refractivity contribution is 0.417. The zero-order chi connectivity index (χ0) is 13.8. The molecule has 0 unspecified atom stereocenters. The third-order valence-corrected chi connectivity index (χ3v) is 3.60. The predicted octanol–water partition coefficient (Wildman–Crippen LogP) is 3.81. The average molecular weight is 387 g/mol. The fourth-order valence-electron chi connectivity index (χ4n) is 1.62. The van der Waals surface area contributed by atoms with Crippen molar-refractivity contribution < 1.29 is 4.74 Å². The largest absolute Gasteiger partial charge is 0.495 e. The van der Waals surface area contributed by atoms with E-state index < -0.39 is 0 Å². The predicted molar refractivity (Wildman–Crippen MR) is 84.4 cm³/mol. The van der Waals surface area contributed by atoms with Crippen LogP contribution >= 0.6 is 31.9 Å². The number of methoxy groups -OCH3 is 1. The van der Waals surface area contributed by atoms with Gasteiger partial charge in [-0.15, -0.1) is 0 Å². The monoisotopic (exact) mass is 385 g/mol. The first-order chi connectivity index (χ1) is 9.10. The van der Waals surface area contributed by atoms with E-state index in [0.717, 1.165) is 20.3 Å². The van der Waals surface area contributed by atoms with Crippen LogP contribution in [0, 0.1) is 0 Å². The molecule has 0 aliphatic rings. The van der Waals surface area contributed by atoms with Crippen LogP contribution in [0.25, 0.3) is 0 Å². The standard InChI is InChI=1S/C13H13Br2N3O/c1-19-12-3-2-8(4-11(12)16)6-17-13-10(15)5-9(14)7-18-13/h2-5,7H,6,16H2,1H3,(H,17,18). The Balaban J connectivity index is 2.08. The fourth-order valence-corrected chi connectivity index (χ4v) is 2.75. The molecule has 0 fully saturated rings. The van der Waals surface area contributed by atoms with Crippen molar-refractivity contribution in [1.29, 1.82) is 0 Å². The highest BCUT2D eigenvalue weighted by Crippen LogP contribution is 2.25. The number of halogens is 2. The van der Waals surface area contributed by atoms with Crippen molar-refractivity contribution in [2.24, 2.45) is 0 Å². The molecule has 1 aromatic carbocycles. The highest BCUT2D eigenvalue weighted by atomic mass is 79.9. The van der Waals surface area contributed by atoms with Gasteiger partial charge in [0.25, 0.3) is 0 Å². The normalized spacial score (nSPS) is 10.3. The number of nitrogens with zero attached hydrogens (tertiary/aromatic N) is 1. The summed E-state index contributed by atoms with van der Waals surface area (Å²) in [7, 11) is 1.60. The Morgan fingerprint density at radius 3 is 2.74 bits per heavy atom. The molecule has 1 aromatic heterocycles. The third kappa shape index (κ3) is 3.61. The number of benzene rings is 1. The quantitative estimate of drug-likeness (QED) is 0.784. The van der Waals surface area contributed by atoms with Gasteiger partial charge in [-0.2, -0.15) is 0 Å². The minimum absolute atomic E-state index is 0.629. The van der Waals surface area contributed by atoms with Crippen molar-refractivity contribution in [3.63, 3.8) is 0 Å². The van der Waals surface area contributed by atoms with E-state index in [4.69, 9.17) is 10.5 Å². The summed E-state index contributed by atoms with van der Waals surface area (Å²) in [6, 6.07) is 7.65. The molecule has 3 N–H and O–H groups in total. The van der Waals surface area contributed by atoms with Crippen LogP contribution in [-0.4, -0.2) is 12.1 Å². The number of hydrogen-bond acceptors (Lipinski definition) is 4. The van der Waals surface area contributed by atoms with Gasteiger partial charge in [0.2, 0.25) is 0 Å². The van der Waals surface area contributed by atoms with Crippen molar-refractivity contribution in [2.45, 2.75) is 6.54 Å². The fraction of sp³-hybridized carbons (Fsp3) is 0.154. The summed E-state index contributed by atoms with van der Waals surface area (Å²) in [6.45, 7) is 0.640. The van der Waals surface area contributed by atoms with E-state index in [1.165, 1.54) is 0 Å². The maximum atomic E-state index is 5.87. The molecule has 0 amide bonds. The van der Waals surface area contributed by atoms with E-state index in [0.29, 0.717) is 18.0 Å². The van der Waals surface area contributed by atoms with E-state index in [2.05, 4.69) is 42.2 Å². The number of nitrogens with one attached hydrogen (secondary N) is 1. The molecule has 0 aliphatic heterocycles. The molecule has 1 heterocycles. The smallest absolute Gasteiger partial charge is 0.141 e. The second kappa shape index (κ2) is 6.25. The van der Waals surface area contributed by atoms with Crippen LogP contribution in [0.2, 0.25) is 0 Å². The van der Waals surface area contributed by atoms with Gasteiger partial charge < -0.3 is 15.8 Å². The van der Waals surface area contributed by atoms with E-state index in [9.17, 15) is 0 Å². The number of anilines is 2. The first-order valence-electron chi connectivity index (χ1n) is 5.57. The van der Waals surface area contributed by atoms with Crippen molar-refractivity contribution in [3.8, 4) is 5.75 Å². The summed E-state index contributed by atoms with van der Waals surface area (Å²) < 4.78 is 6.96. The maximum Gasteiger partial charge on any atom is 0.141 e. The Hall–Kier alpha value is -1.27. The lowest BCUT2D eigenvalue weighted by atomic mass is 10.2. The van der Waals surface area contributed by atoms with Gasteiger partial charge in [0.05, 0.1) is 17.3 Å². The number of nitrogen functional groups attached to an aromatic ring is 1. The van der Waals surface area contributed by atoms with Crippen LogP contribution in [0.3, 0.4) is 0 Å². The molecule has 0 saturated heterocycles. The van der Waals surface area contributed by atoms with E-state index >= 15 is 0 Å². The van der Waals surface area contributed by atoms with E-state index in [-0.39, 0.29) is 0 Å². The SMILES string of the molecule is COc1ccc(CNc2ncc(Br)cc2Br)cc1N. The Morgan fingerprint density at radius 1 is 1.32 bits per heavy atom. The minimum Gasteiger partial charge on any atom is -0.495 e. The summed E-state index contributed by atoms with van der Waals surface area (Å²) in [4.78, 5) is 4.29. The molecule has 0 spiro atoms. The average Bonchev–Trinajstić information content (AvgIpc) is 2.38. The number of rotatable bonds is 4. The third-order valence-electron chi connectivity index (χ3n) is 2.56. The molecular formula is C13H13Br2N3O. The summed E-state index contributed by atoms with van der Waals surface area (Å²) in [5, 5.41) is 3.25. The van der Waals surface area contributed by atoms with Gasteiger partial charge in [-0.3, -0.25) is 0 Å². The molecule has 0 radical (unpaired) electrons. The highest BCUT2D eigenvalue weighted by Gasteiger charge is 2.04. The van der Waals surface area contributed by atoms with Crippen LogP contribution < -0.4 is 15.8 Å². The molecule has 0 atom stereocenters. The van der Waals surface area contributed by atoms with Crippen LogP contribution in [-0.2, 0) is 6.54 Å². The zero-order valence-corrected chi connectivity index (χ0v) is 13.5. The molecule has 4 nitrogen and oxygen atoms in total. The first-order valence-corrected chi connectivity index (χ1v) is 7.16. The Kier molecular flexibility index (Phi) is 4.66. The Bertz CT molecular complexity index is 590. The molecule has 6 heteroatoms. The number of nitrogens with two attached hydrogens (primary N) is 1. The molecular weight excluding hydrogens is 374 g/mol. The van der Waals surface area contributed by atoms with Crippen molar-refractivity contribution in [2.75, 3.05) is 18.2 Å². The van der Waals surface area contributed by atoms with Gasteiger partial charge in [-0.25, -0.2) is 4.98 Å². The van der Waals surface area contributed by atoms with E-state index in [1.807, 2.05) is 24.3 Å². The molecule has 2 rings (SSSR count). The maximum absolute atomic E-state index is 5.87. The number of pyridine rings is 1. The van der Waals surface area contributed by atoms with Crippen molar-refractivity contribution >= 4 is 43.4 Å². The lowest BCUT2D eigenvalue weighted by Crippen LogP contribution is -2.03. The molecule has 0 saturated carbocycles. The molecule has 100 valence electrons. The second-order valence-electron chi connectivity index (χ2n) is 3.91. The highest BCUT2D eigenvalue weighted by molar-refractivity contribution is 9.11. The summed E-state index contributed by atoms with van der Waals surface area (Å²) in [5.74, 6) is 1.48. The lowest BCUT2D eigenvalue weighted by Gasteiger charge is -2.10. The topological polar surface area (TPSA) is 60.2 Å². The van der Waals surface area contributed by atoms with Crippen molar-refractivity contribution in [3.05, 3.63) is 45.0 Å². The van der Waals surface area contributed by atoms with Gasteiger partial charge in [0, 0.05) is 17.2 Å².